The number of hydrogen-bond donors (Lipinski definition) is 1. The molecule has 2 rings (SSSR count). The molecule has 6 heteroatoms. The van der Waals surface area contributed by atoms with Crippen LogP contribution in [0.15, 0.2) is 5.51 Å². The van der Waals surface area contributed by atoms with Gasteiger partial charge in [-0.25, -0.2) is 4.98 Å². The predicted molar refractivity (Wildman–Crippen MR) is 73.7 cm³/mol. The number of thiazole rings is 1. The molecule has 2 aromatic rings. The fraction of sp³-hybridized carbons (Fsp3) is 0.545. The standard InChI is InChI=1S/C11H16N4S2/c1-4-8-9(16-6-13-8)10-14-15-11(17-10)12-5-7(2)3/h6-7H,4-5H2,1-3H3,(H,12,15). The average molecular weight is 268 g/mol. The number of nitrogens with zero attached hydrogens (tertiary/aromatic N) is 3. The lowest BCUT2D eigenvalue weighted by Crippen LogP contribution is -2.07. The van der Waals surface area contributed by atoms with Crippen molar-refractivity contribution in [2.75, 3.05) is 11.9 Å². The van der Waals surface area contributed by atoms with E-state index in [0.717, 1.165) is 33.7 Å². The van der Waals surface area contributed by atoms with Gasteiger partial charge in [-0.2, -0.15) is 0 Å². The van der Waals surface area contributed by atoms with Gasteiger partial charge in [0.25, 0.3) is 0 Å². The van der Waals surface area contributed by atoms with E-state index in [1.807, 2.05) is 5.51 Å². The predicted octanol–water partition coefficient (Wildman–Crippen LogP) is 3.29. The lowest BCUT2D eigenvalue weighted by atomic mass is 10.2. The van der Waals surface area contributed by atoms with Crippen molar-refractivity contribution in [3.8, 4) is 9.88 Å². The van der Waals surface area contributed by atoms with Crippen LogP contribution >= 0.6 is 22.7 Å². The summed E-state index contributed by atoms with van der Waals surface area (Å²) >= 11 is 3.23. The molecule has 17 heavy (non-hydrogen) atoms. The maximum absolute atomic E-state index is 4.33. The van der Waals surface area contributed by atoms with Gasteiger partial charge in [0.05, 0.1) is 16.1 Å². The Morgan fingerprint density at radius 2 is 2.18 bits per heavy atom. The van der Waals surface area contributed by atoms with Crippen LogP contribution in [-0.4, -0.2) is 21.7 Å². The smallest absolute Gasteiger partial charge is 0.206 e. The quantitative estimate of drug-likeness (QED) is 0.904. The van der Waals surface area contributed by atoms with Gasteiger partial charge in [0, 0.05) is 6.54 Å². The Labute approximate surface area is 109 Å². The topological polar surface area (TPSA) is 50.7 Å². The Balaban J connectivity index is 2.12. The van der Waals surface area contributed by atoms with Gasteiger partial charge in [0.1, 0.15) is 0 Å². The molecule has 0 spiro atoms. The molecule has 0 saturated carbocycles. The Kier molecular flexibility index (Phi) is 4.06. The molecular weight excluding hydrogens is 252 g/mol. The first-order valence-electron chi connectivity index (χ1n) is 5.70. The zero-order valence-corrected chi connectivity index (χ0v) is 11.9. The van der Waals surface area contributed by atoms with Crippen molar-refractivity contribution in [2.24, 2.45) is 5.92 Å². The molecule has 1 N–H and O–H groups in total. The molecule has 0 fully saturated rings. The highest BCUT2D eigenvalue weighted by Gasteiger charge is 2.12. The van der Waals surface area contributed by atoms with E-state index in [0.29, 0.717) is 5.92 Å². The van der Waals surface area contributed by atoms with E-state index in [9.17, 15) is 0 Å². The van der Waals surface area contributed by atoms with Crippen molar-refractivity contribution in [1.82, 2.24) is 15.2 Å². The molecule has 0 saturated heterocycles. The minimum atomic E-state index is 0.608. The van der Waals surface area contributed by atoms with Crippen molar-refractivity contribution in [3.05, 3.63) is 11.2 Å². The molecule has 0 aliphatic heterocycles. The summed E-state index contributed by atoms with van der Waals surface area (Å²) in [7, 11) is 0. The second-order valence-corrected chi connectivity index (χ2v) is 6.00. The van der Waals surface area contributed by atoms with Gasteiger partial charge in [0.15, 0.2) is 5.01 Å². The Morgan fingerprint density at radius 3 is 2.88 bits per heavy atom. The molecule has 92 valence electrons. The molecule has 0 bridgehead atoms. The summed E-state index contributed by atoms with van der Waals surface area (Å²) in [4.78, 5) is 5.49. The van der Waals surface area contributed by atoms with Gasteiger partial charge >= 0.3 is 0 Å². The summed E-state index contributed by atoms with van der Waals surface area (Å²) in [6, 6.07) is 0. The number of aromatic nitrogens is 3. The highest BCUT2D eigenvalue weighted by molar-refractivity contribution is 7.22. The Hall–Kier alpha value is -1.01. The van der Waals surface area contributed by atoms with Crippen LogP contribution in [0, 0.1) is 5.92 Å². The van der Waals surface area contributed by atoms with Crippen LogP contribution in [0.5, 0.6) is 0 Å². The minimum absolute atomic E-state index is 0.608. The second-order valence-electron chi connectivity index (χ2n) is 4.17. The zero-order valence-electron chi connectivity index (χ0n) is 10.2. The SMILES string of the molecule is CCc1ncsc1-c1nnc(NCC(C)C)s1. The number of nitrogens with one attached hydrogen (secondary N) is 1. The minimum Gasteiger partial charge on any atom is -0.360 e. The van der Waals surface area contributed by atoms with Crippen LogP contribution in [0.2, 0.25) is 0 Å². The molecule has 0 aliphatic carbocycles. The highest BCUT2D eigenvalue weighted by atomic mass is 32.1. The van der Waals surface area contributed by atoms with Gasteiger partial charge in [0.2, 0.25) is 5.13 Å². The Bertz CT molecular complexity index is 475. The van der Waals surface area contributed by atoms with Crippen LogP contribution in [0.3, 0.4) is 0 Å². The number of anilines is 1. The summed E-state index contributed by atoms with van der Waals surface area (Å²) in [5.74, 6) is 0.608. The summed E-state index contributed by atoms with van der Waals surface area (Å²) < 4.78 is 0. The highest BCUT2D eigenvalue weighted by Crippen LogP contribution is 2.32. The fourth-order valence-corrected chi connectivity index (χ4v) is 3.11. The number of hydrogen-bond acceptors (Lipinski definition) is 6. The molecule has 0 radical (unpaired) electrons. The molecule has 2 heterocycles. The molecule has 0 aliphatic rings. The molecule has 0 unspecified atom stereocenters. The maximum atomic E-state index is 4.33. The van der Waals surface area contributed by atoms with E-state index in [4.69, 9.17) is 0 Å². The van der Waals surface area contributed by atoms with Crippen molar-refractivity contribution in [3.63, 3.8) is 0 Å². The fourth-order valence-electron chi connectivity index (χ4n) is 1.37. The Morgan fingerprint density at radius 1 is 1.35 bits per heavy atom. The zero-order chi connectivity index (χ0) is 12.3. The van der Waals surface area contributed by atoms with Gasteiger partial charge in [-0.05, 0) is 12.3 Å². The second kappa shape index (κ2) is 5.55. The van der Waals surface area contributed by atoms with Crippen molar-refractivity contribution in [1.29, 1.82) is 0 Å². The summed E-state index contributed by atoms with van der Waals surface area (Å²) in [6.45, 7) is 7.39. The molecular formula is C11H16N4S2. The van der Waals surface area contributed by atoms with Crippen LogP contribution in [0.4, 0.5) is 5.13 Å². The summed E-state index contributed by atoms with van der Waals surface area (Å²) in [6.07, 6.45) is 0.938. The van der Waals surface area contributed by atoms with Crippen molar-refractivity contribution < 1.29 is 0 Å². The van der Waals surface area contributed by atoms with E-state index < -0.39 is 0 Å². The lowest BCUT2D eigenvalue weighted by Gasteiger charge is -2.03. The van der Waals surface area contributed by atoms with Crippen LogP contribution < -0.4 is 5.32 Å². The lowest BCUT2D eigenvalue weighted by molar-refractivity contribution is 0.687. The number of rotatable bonds is 5. The first-order valence-corrected chi connectivity index (χ1v) is 7.40. The third kappa shape index (κ3) is 3.01. The van der Waals surface area contributed by atoms with Crippen LogP contribution in [0.25, 0.3) is 9.88 Å². The first-order chi connectivity index (χ1) is 8.20. The molecule has 4 nitrogen and oxygen atoms in total. The van der Waals surface area contributed by atoms with E-state index >= 15 is 0 Å². The summed E-state index contributed by atoms with van der Waals surface area (Å²) in [5.41, 5.74) is 2.98. The van der Waals surface area contributed by atoms with E-state index in [1.165, 1.54) is 0 Å². The van der Waals surface area contributed by atoms with Gasteiger partial charge in [-0.3, -0.25) is 0 Å². The third-order valence-electron chi connectivity index (χ3n) is 2.26. The average Bonchev–Trinajstić information content (AvgIpc) is 2.94. The van der Waals surface area contributed by atoms with Gasteiger partial charge < -0.3 is 5.32 Å². The number of aryl methyl sites for hydroxylation is 1. The van der Waals surface area contributed by atoms with Crippen molar-refractivity contribution in [2.45, 2.75) is 27.2 Å². The molecule has 0 amide bonds. The monoisotopic (exact) mass is 268 g/mol. The third-order valence-corrected chi connectivity index (χ3v) is 4.16. The molecule has 2 aromatic heterocycles. The summed E-state index contributed by atoms with van der Waals surface area (Å²) in [5, 5.41) is 13.5. The van der Waals surface area contributed by atoms with Crippen LogP contribution in [0.1, 0.15) is 26.5 Å². The van der Waals surface area contributed by atoms with E-state index in [-0.39, 0.29) is 0 Å². The van der Waals surface area contributed by atoms with E-state index in [1.54, 1.807) is 22.7 Å². The van der Waals surface area contributed by atoms with Gasteiger partial charge in [-0.15, -0.1) is 21.5 Å². The van der Waals surface area contributed by atoms with E-state index in [2.05, 4.69) is 41.3 Å². The first kappa shape index (κ1) is 12.4. The largest absolute Gasteiger partial charge is 0.360 e. The van der Waals surface area contributed by atoms with Crippen molar-refractivity contribution >= 4 is 27.8 Å². The van der Waals surface area contributed by atoms with Gasteiger partial charge in [-0.1, -0.05) is 32.1 Å². The van der Waals surface area contributed by atoms with Crippen LogP contribution in [-0.2, 0) is 6.42 Å². The molecule has 0 atom stereocenters. The molecule has 0 aromatic carbocycles. The maximum Gasteiger partial charge on any atom is 0.206 e. The normalized spacial score (nSPS) is 11.1.